The fourth-order valence-corrected chi connectivity index (χ4v) is 0.713. The summed E-state index contributed by atoms with van der Waals surface area (Å²) in [6.45, 7) is 1.93. The Kier molecular flexibility index (Phi) is 5.62. The van der Waals surface area contributed by atoms with E-state index in [0.29, 0.717) is 6.29 Å². The van der Waals surface area contributed by atoms with Gasteiger partial charge < -0.3 is 9.53 Å². The summed E-state index contributed by atoms with van der Waals surface area (Å²) in [5, 5.41) is 8.48. The van der Waals surface area contributed by atoms with Crippen LogP contribution in [0.2, 0.25) is 0 Å². The molecule has 0 bridgehead atoms. The largest absolute Gasteiger partial charge is 0.465 e. The highest BCUT2D eigenvalue weighted by atomic mass is 16.5. The molecule has 0 fully saturated rings. The Labute approximate surface area is 71.1 Å². The summed E-state index contributed by atoms with van der Waals surface area (Å²) in [4.78, 5) is 20.9. The van der Waals surface area contributed by atoms with Crippen molar-refractivity contribution < 1.29 is 14.3 Å². The molecule has 0 aliphatic heterocycles. The number of carbonyl (C=O) groups is 2. The summed E-state index contributed by atoms with van der Waals surface area (Å²) in [7, 11) is 0. The second kappa shape index (κ2) is 6.35. The molecule has 0 heterocycles. The van der Waals surface area contributed by atoms with Gasteiger partial charge >= 0.3 is 5.97 Å². The van der Waals surface area contributed by atoms with Gasteiger partial charge in [0, 0.05) is 6.42 Å². The first kappa shape index (κ1) is 10.6. The first-order valence-corrected chi connectivity index (χ1v) is 3.76. The van der Waals surface area contributed by atoms with Gasteiger partial charge in [-0.1, -0.05) is 0 Å². The zero-order chi connectivity index (χ0) is 9.40. The van der Waals surface area contributed by atoms with Gasteiger partial charge in [0.1, 0.15) is 12.2 Å². The number of carbonyl (C=O) groups excluding carboxylic acids is 2. The molecule has 0 spiro atoms. The van der Waals surface area contributed by atoms with Gasteiger partial charge in [-0.25, -0.2) is 0 Å². The van der Waals surface area contributed by atoms with Crippen molar-refractivity contribution in [1.29, 1.82) is 5.26 Å². The fourth-order valence-electron chi connectivity index (χ4n) is 0.713. The van der Waals surface area contributed by atoms with E-state index in [2.05, 4.69) is 4.74 Å². The summed E-state index contributed by atoms with van der Waals surface area (Å²) in [6, 6.07) is 1.79. The Hall–Kier alpha value is -1.37. The van der Waals surface area contributed by atoms with E-state index in [0.717, 1.165) is 0 Å². The lowest BCUT2D eigenvalue weighted by Crippen LogP contribution is -2.16. The molecule has 0 aromatic rings. The molecular formula is C8H11NO3. The van der Waals surface area contributed by atoms with Gasteiger partial charge in [-0.2, -0.15) is 5.26 Å². The third-order valence-corrected chi connectivity index (χ3v) is 1.30. The molecule has 0 N–H and O–H groups in total. The maximum atomic E-state index is 10.9. The monoisotopic (exact) mass is 169 g/mol. The van der Waals surface area contributed by atoms with E-state index in [9.17, 15) is 9.59 Å². The minimum absolute atomic E-state index is 0.219. The van der Waals surface area contributed by atoms with Crippen molar-refractivity contribution in [2.24, 2.45) is 5.92 Å². The zero-order valence-corrected chi connectivity index (χ0v) is 6.95. The highest BCUT2D eigenvalue weighted by Crippen LogP contribution is 2.05. The van der Waals surface area contributed by atoms with Crippen LogP contribution in [0.4, 0.5) is 0 Å². The van der Waals surface area contributed by atoms with E-state index >= 15 is 0 Å². The molecule has 0 rings (SSSR count). The molecular weight excluding hydrogens is 158 g/mol. The number of nitriles is 1. The highest BCUT2D eigenvalue weighted by Gasteiger charge is 2.17. The van der Waals surface area contributed by atoms with E-state index < -0.39 is 11.9 Å². The van der Waals surface area contributed by atoms with Gasteiger partial charge in [-0.15, -0.1) is 0 Å². The highest BCUT2D eigenvalue weighted by molar-refractivity contribution is 5.75. The molecule has 0 radical (unpaired) electrons. The van der Waals surface area contributed by atoms with Crippen LogP contribution in [0.15, 0.2) is 0 Å². The Balaban J connectivity index is 3.89. The molecule has 0 amide bonds. The van der Waals surface area contributed by atoms with Crippen molar-refractivity contribution in [3.8, 4) is 6.07 Å². The lowest BCUT2D eigenvalue weighted by atomic mass is 10.1. The maximum absolute atomic E-state index is 10.9. The van der Waals surface area contributed by atoms with Crippen LogP contribution in [0.25, 0.3) is 0 Å². The molecule has 4 heteroatoms. The van der Waals surface area contributed by atoms with Crippen LogP contribution in [0, 0.1) is 17.2 Å². The lowest BCUT2D eigenvalue weighted by molar-refractivity contribution is -0.146. The third-order valence-electron chi connectivity index (χ3n) is 1.30. The van der Waals surface area contributed by atoms with Crippen LogP contribution in [0.5, 0.6) is 0 Å². The SMILES string of the molecule is CCOC(=O)C(C#N)CCC=O. The Morgan fingerprint density at radius 3 is 2.83 bits per heavy atom. The second-order valence-electron chi connectivity index (χ2n) is 2.18. The van der Waals surface area contributed by atoms with Crippen LogP contribution in [-0.4, -0.2) is 18.9 Å². The normalized spacial score (nSPS) is 11.3. The Morgan fingerprint density at radius 2 is 2.42 bits per heavy atom. The molecule has 0 saturated heterocycles. The van der Waals surface area contributed by atoms with E-state index in [1.807, 2.05) is 0 Å². The Morgan fingerprint density at radius 1 is 1.75 bits per heavy atom. The van der Waals surface area contributed by atoms with E-state index in [1.54, 1.807) is 13.0 Å². The average Bonchev–Trinajstić information content (AvgIpc) is 2.06. The lowest BCUT2D eigenvalue weighted by Gasteiger charge is -2.04. The van der Waals surface area contributed by atoms with Crippen molar-refractivity contribution in [3.05, 3.63) is 0 Å². The second-order valence-corrected chi connectivity index (χ2v) is 2.18. The minimum atomic E-state index is -0.796. The third kappa shape index (κ3) is 3.71. The first-order valence-electron chi connectivity index (χ1n) is 3.76. The predicted octanol–water partition coefficient (Wildman–Crippen LogP) is 0.668. The topological polar surface area (TPSA) is 67.2 Å². The quantitative estimate of drug-likeness (QED) is 0.448. The van der Waals surface area contributed by atoms with E-state index in [1.165, 1.54) is 0 Å². The molecule has 66 valence electrons. The molecule has 0 aliphatic carbocycles. The molecule has 0 aromatic heterocycles. The van der Waals surface area contributed by atoms with Gasteiger partial charge in [-0.3, -0.25) is 4.79 Å². The van der Waals surface area contributed by atoms with E-state index in [4.69, 9.17) is 5.26 Å². The number of aldehydes is 1. The standard InChI is InChI=1S/C8H11NO3/c1-2-12-8(11)7(6-9)4-3-5-10/h5,7H,2-4H2,1H3. The number of rotatable bonds is 5. The van der Waals surface area contributed by atoms with Crippen molar-refractivity contribution in [2.75, 3.05) is 6.61 Å². The molecule has 0 aliphatic rings. The molecule has 1 atom stereocenters. The summed E-state index contributed by atoms with van der Waals surface area (Å²) < 4.78 is 4.61. The first-order chi connectivity index (χ1) is 5.76. The van der Waals surface area contributed by atoms with Crippen molar-refractivity contribution >= 4 is 12.3 Å². The minimum Gasteiger partial charge on any atom is -0.465 e. The summed E-state index contributed by atoms with van der Waals surface area (Å²) in [5.74, 6) is -1.34. The van der Waals surface area contributed by atoms with Crippen molar-refractivity contribution in [3.63, 3.8) is 0 Å². The van der Waals surface area contributed by atoms with Gasteiger partial charge in [0.25, 0.3) is 0 Å². The molecule has 0 aromatic carbocycles. The number of esters is 1. The Bertz CT molecular complexity index is 195. The fraction of sp³-hybridized carbons (Fsp3) is 0.625. The van der Waals surface area contributed by atoms with Crippen LogP contribution in [0.1, 0.15) is 19.8 Å². The van der Waals surface area contributed by atoms with Crippen LogP contribution >= 0.6 is 0 Å². The zero-order valence-electron chi connectivity index (χ0n) is 6.95. The molecule has 12 heavy (non-hydrogen) atoms. The van der Waals surface area contributed by atoms with Crippen molar-refractivity contribution in [2.45, 2.75) is 19.8 Å². The number of nitrogens with zero attached hydrogens (tertiary/aromatic N) is 1. The van der Waals surface area contributed by atoms with Gasteiger partial charge in [-0.05, 0) is 13.3 Å². The van der Waals surface area contributed by atoms with Gasteiger partial charge in [0.05, 0.1) is 12.7 Å². The summed E-state index contributed by atoms with van der Waals surface area (Å²) >= 11 is 0. The van der Waals surface area contributed by atoms with Gasteiger partial charge in [0.2, 0.25) is 0 Å². The molecule has 4 nitrogen and oxygen atoms in total. The average molecular weight is 169 g/mol. The number of hydrogen-bond donors (Lipinski definition) is 0. The number of hydrogen-bond acceptors (Lipinski definition) is 4. The summed E-state index contributed by atoms with van der Waals surface area (Å²) in [5.41, 5.74) is 0. The maximum Gasteiger partial charge on any atom is 0.323 e. The molecule has 0 saturated carbocycles. The van der Waals surface area contributed by atoms with Crippen molar-refractivity contribution in [1.82, 2.24) is 0 Å². The van der Waals surface area contributed by atoms with Crippen LogP contribution < -0.4 is 0 Å². The smallest absolute Gasteiger partial charge is 0.323 e. The van der Waals surface area contributed by atoms with E-state index in [-0.39, 0.29) is 19.4 Å². The number of ether oxygens (including phenoxy) is 1. The molecule has 1 unspecified atom stereocenters. The summed E-state index contributed by atoms with van der Waals surface area (Å²) in [6.07, 6.45) is 1.15. The van der Waals surface area contributed by atoms with Crippen LogP contribution in [0.3, 0.4) is 0 Å². The van der Waals surface area contributed by atoms with Gasteiger partial charge in [0.15, 0.2) is 0 Å². The predicted molar refractivity (Wildman–Crippen MR) is 41.0 cm³/mol. The van der Waals surface area contributed by atoms with Crippen LogP contribution in [-0.2, 0) is 14.3 Å².